The number of aryl methyl sites for hydroxylation is 2. The van der Waals surface area contributed by atoms with Gasteiger partial charge >= 0.3 is 0 Å². The van der Waals surface area contributed by atoms with E-state index in [4.69, 9.17) is 11.6 Å². The number of nitrogens with zero attached hydrogens (tertiary/aromatic N) is 2. The van der Waals surface area contributed by atoms with Gasteiger partial charge in [0.25, 0.3) is 15.9 Å². The van der Waals surface area contributed by atoms with Gasteiger partial charge in [-0.2, -0.15) is 5.10 Å². The van der Waals surface area contributed by atoms with Gasteiger partial charge in [-0.05, 0) is 32.0 Å². The van der Waals surface area contributed by atoms with Gasteiger partial charge in [-0.15, -0.1) is 4.83 Å². The quantitative estimate of drug-likeness (QED) is 0.819. The summed E-state index contributed by atoms with van der Waals surface area (Å²) in [5.74, 6) is -0.606. The van der Waals surface area contributed by atoms with Crippen molar-refractivity contribution in [2.45, 2.75) is 18.7 Å². The molecular weight excluding hydrogens is 328 g/mol. The van der Waals surface area contributed by atoms with Crippen LogP contribution in [-0.2, 0) is 17.1 Å². The third-order valence-corrected chi connectivity index (χ3v) is 4.83. The lowest BCUT2D eigenvalue weighted by molar-refractivity contribution is 0.0945. The van der Waals surface area contributed by atoms with E-state index in [1.54, 1.807) is 33.0 Å². The number of carbonyl (C=O) groups is 1. The Labute approximate surface area is 133 Å². The van der Waals surface area contributed by atoms with Crippen molar-refractivity contribution in [2.75, 3.05) is 0 Å². The smallest absolute Gasteiger partial charge is 0.266 e. The Balaban J connectivity index is 2.18. The molecule has 0 saturated heterocycles. The maximum Gasteiger partial charge on any atom is 0.266 e. The molecule has 1 aromatic carbocycles. The number of sulfonamides is 1. The minimum atomic E-state index is -3.91. The van der Waals surface area contributed by atoms with E-state index in [0.717, 1.165) is 0 Å². The third kappa shape index (κ3) is 3.29. The number of amides is 1. The van der Waals surface area contributed by atoms with Crippen molar-refractivity contribution in [3.8, 4) is 0 Å². The van der Waals surface area contributed by atoms with Gasteiger partial charge in [0.2, 0.25) is 0 Å². The monoisotopic (exact) mass is 342 g/mol. The first-order valence-electron chi connectivity index (χ1n) is 6.30. The molecule has 22 heavy (non-hydrogen) atoms. The molecule has 1 heterocycles. The van der Waals surface area contributed by atoms with Crippen molar-refractivity contribution < 1.29 is 13.2 Å². The lowest BCUT2D eigenvalue weighted by Gasteiger charge is -2.09. The van der Waals surface area contributed by atoms with Crippen LogP contribution < -0.4 is 10.3 Å². The number of rotatable bonds is 4. The van der Waals surface area contributed by atoms with Crippen LogP contribution >= 0.6 is 11.6 Å². The van der Waals surface area contributed by atoms with Crippen molar-refractivity contribution in [2.24, 2.45) is 7.05 Å². The number of halogens is 1. The summed E-state index contributed by atoms with van der Waals surface area (Å²) < 4.78 is 26.0. The summed E-state index contributed by atoms with van der Waals surface area (Å²) >= 11 is 5.79. The van der Waals surface area contributed by atoms with Crippen LogP contribution in [0.1, 0.15) is 21.7 Å². The Morgan fingerprint density at radius 1 is 1.32 bits per heavy atom. The SMILES string of the molecule is Cc1nn(C)c(C)c1S(=O)(=O)NNC(=O)c1cccc(Cl)c1. The minimum Gasteiger partial charge on any atom is -0.273 e. The zero-order valence-electron chi connectivity index (χ0n) is 12.2. The average molecular weight is 343 g/mol. The van der Waals surface area contributed by atoms with Crippen molar-refractivity contribution in [3.63, 3.8) is 0 Å². The van der Waals surface area contributed by atoms with E-state index in [0.29, 0.717) is 16.4 Å². The van der Waals surface area contributed by atoms with Gasteiger partial charge in [0.05, 0.1) is 11.4 Å². The second-order valence-corrected chi connectivity index (χ2v) is 6.75. The Hall–Kier alpha value is -1.90. The molecule has 9 heteroatoms. The first-order valence-corrected chi connectivity index (χ1v) is 8.16. The van der Waals surface area contributed by atoms with E-state index in [2.05, 4.69) is 15.4 Å². The summed E-state index contributed by atoms with van der Waals surface area (Å²) in [5, 5.41) is 4.42. The summed E-state index contributed by atoms with van der Waals surface area (Å²) in [6.07, 6.45) is 0. The Kier molecular flexibility index (Phi) is 4.55. The maximum absolute atomic E-state index is 12.3. The number of aromatic nitrogens is 2. The maximum atomic E-state index is 12.3. The standard InChI is InChI=1S/C13H15ClN4O3S/c1-8-12(9(2)18(3)16-8)22(20,21)17-15-13(19)10-5-4-6-11(14)7-10/h4-7,17H,1-3H3,(H,15,19). The molecule has 0 atom stereocenters. The molecule has 0 saturated carbocycles. The highest BCUT2D eigenvalue weighted by molar-refractivity contribution is 7.89. The van der Waals surface area contributed by atoms with Crippen molar-refractivity contribution in [3.05, 3.63) is 46.2 Å². The number of hydrazine groups is 1. The number of benzene rings is 1. The summed E-state index contributed by atoms with van der Waals surface area (Å²) in [4.78, 5) is 14.0. The predicted octanol–water partition coefficient (Wildman–Crippen LogP) is 1.31. The molecule has 0 fully saturated rings. The van der Waals surface area contributed by atoms with Gasteiger partial charge in [0.15, 0.2) is 0 Å². The fraction of sp³-hybridized carbons (Fsp3) is 0.231. The van der Waals surface area contributed by atoms with Crippen LogP contribution in [0.5, 0.6) is 0 Å². The summed E-state index contributed by atoms with van der Waals surface area (Å²) in [6, 6.07) is 6.17. The molecule has 1 amide bonds. The molecule has 0 bridgehead atoms. The topological polar surface area (TPSA) is 93.1 Å². The second-order valence-electron chi connectivity index (χ2n) is 4.69. The van der Waals surface area contributed by atoms with Crippen molar-refractivity contribution >= 4 is 27.5 Å². The van der Waals surface area contributed by atoms with Gasteiger partial charge in [-0.25, -0.2) is 8.42 Å². The average Bonchev–Trinajstić information content (AvgIpc) is 2.70. The largest absolute Gasteiger partial charge is 0.273 e. The van der Waals surface area contributed by atoms with E-state index in [1.807, 2.05) is 0 Å². The molecule has 118 valence electrons. The first kappa shape index (κ1) is 16.5. The molecule has 2 N–H and O–H groups in total. The molecule has 0 aliphatic heterocycles. The first-order chi connectivity index (χ1) is 10.2. The molecular formula is C13H15ClN4O3S. The van der Waals surface area contributed by atoms with E-state index < -0.39 is 15.9 Å². The van der Waals surface area contributed by atoms with E-state index >= 15 is 0 Å². The number of hydrogen-bond acceptors (Lipinski definition) is 4. The van der Waals surface area contributed by atoms with E-state index in [9.17, 15) is 13.2 Å². The number of carbonyl (C=O) groups excluding carboxylic acids is 1. The third-order valence-electron chi connectivity index (χ3n) is 3.10. The van der Waals surface area contributed by atoms with Crippen LogP contribution in [0.4, 0.5) is 0 Å². The van der Waals surface area contributed by atoms with Gasteiger partial charge in [-0.1, -0.05) is 17.7 Å². The minimum absolute atomic E-state index is 0.0430. The molecule has 1 aromatic heterocycles. The molecule has 7 nitrogen and oxygen atoms in total. The number of hydrogen-bond donors (Lipinski definition) is 2. The van der Waals surface area contributed by atoms with Crippen LogP contribution in [0.2, 0.25) is 5.02 Å². The molecule has 0 unspecified atom stereocenters. The lowest BCUT2D eigenvalue weighted by Crippen LogP contribution is -2.41. The predicted molar refractivity (Wildman–Crippen MR) is 81.9 cm³/mol. The summed E-state index contributed by atoms with van der Waals surface area (Å²) in [5.41, 5.74) is 3.23. The van der Waals surface area contributed by atoms with Crippen molar-refractivity contribution in [1.82, 2.24) is 20.0 Å². The van der Waals surface area contributed by atoms with Gasteiger partial charge in [0, 0.05) is 17.6 Å². The Bertz CT molecular complexity index is 830. The molecule has 0 aliphatic carbocycles. The molecule has 2 rings (SSSR count). The van der Waals surface area contributed by atoms with Crippen LogP contribution in [0, 0.1) is 13.8 Å². The molecule has 0 radical (unpaired) electrons. The Morgan fingerprint density at radius 2 is 2.00 bits per heavy atom. The van der Waals surface area contributed by atoms with Gasteiger partial charge in [-0.3, -0.25) is 14.9 Å². The van der Waals surface area contributed by atoms with Crippen LogP contribution in [0.15, 0.2) is 29.2 Å². The van der Waals surface area contributed by atoms with Gasteiger partial charge < -0.3 is 0 Å². The highest BCUT2D eigenvalue weighted by atomic mass is 35.5. The van der Waals surface area contributed by atoms with Crippen LogP contribution in [0.3, 0.4) is 0 Å². The summed E-state index contributed by atoms with van der Waals surface area (Å²) in [6.45, 7) is 3.22. The highest BCUT2D eigenvalue weighted by Crippen LogP contribution is 2.17. The normalized spacial score (nSPS) is 11.5. The van der Waals surface area contributed by atoms with E-state index in [-0.39, 0.29) is 10.5 Å². The lowest BCUT2D eigenvalue weighted by atomic mass is 10.2. The fourth-order valence-electron chi connectivity index (χ4n) is 2.01. The zero-order chi connectivity index (χ0) is 16.5. The number of nitrogens with one attached hydrogen (secondary N) is 2. The van der Waals surface area contributed by atoms with E-state index in [1.165, 1.54) is 16.8 Å². The molecule has 0 spiro atoms. The fourth-order valence-corrected chi connectivity index (χ4v) is 3.48. The highest BCUT2D eigenvalue weighted by Gasteiger charge is 2.24. The van der Waals surface area contributed by atoms with Crippen molar-refractivity contribution in [1.29, 1.82) is 0 Å². The summed E-state index contributed by atoms with van der Waals surface area (Å²) in [7, 11) is -2.27. The molecule has 0 aliphatic rings. The Morgan fingerprint density at radius 3 is 2.55 bits per heavy atom. The zero-order valence-corrected chi connectivity index (χ0v) is 13.8. The van der Waals surface area contributed by atoms with Crippen LogP contribution in [0.25, 0.3) is 0 Å². The van der Waals surface area contributed by atoms with Gasteiger partial charge in [0.1, 0.15) is 4.90 Å². The molecule has 2 aromatic rings. The van der Waals surface area contributed by atoms with Crippen LogP contribution in [-0.4, -0.2) is 24.1 Å². The second kappa shape index (κ2) is 6.07.